The summed E-state index contributed by atoms with van der Waals surface area (Å²) in [6.07, 6.45) is 3.76. The van der Waals surface area contributed by atoms with Gasteiger partial charge in [0.2, 0.25) is 0 Å². The second-order valence-corrected chi connectivity index (χ2v) is 5.08. The van der Waals surface area contributed by atoms with E-state index in [2.05, 4.69) is 0 Å². The number of allylic oxidation sites excluding steroid dienone is 1. The molecule has 0 heterocycles. The van der Waals surface area contributed by atoms with Crippen LogP contribution >= 0.6 is 0 Å². The van der Waals surface area contributed by atoms with Crippen LogP contribution in [-0.4, -0.2) is 19.7 Å². The molecule has 0 aliphatic carbocycles. The highest BCUT2D eigenvalue weighted by molar-refractivity contribution is 5.81. The number of benzene rings is 2. The monoisotopic (exact) mass is 326 g/mol. The predicted octanol–water partition coefficient (Wildman–Crippen LogP) is 3.94. The minimum Gasteiger partial charge on any atom is -0.493 e. The molecule has 0 aliphatic rings. The second-order valence-electron chi connectivity index (χ2n) is 5.08. The molecular formula is C20H22O4. The summed E-state index contributed by atoms with van der Waals surface area (Å²) >= 11 is 0. The van der Waals surface area contributed by atoms with Gasteiger partial charge in [-0.15, -0.1) is 0 Å². The van der Waals surface area contributed by atoms with Crippen LogP contribution in [-0.2, 0) is 22.6 Å². The van der Waals surface area contributed by atoms with Crippen LogP contribution in [0, 0.1) is 0 Å². The number of methoxy groups -OCH3 is 1. The first-order valence-corrected chi connectivity index (χ1v) is 7.90. The highest BCUT2D eigenvalue weighted by Gasteiger charge is 2.10. The van der Waals surface area contributed by atoms with E-state index in [4.69, 9.17) is 14.2 Å². The van der Waals surface area contributed by atoms with E-state index in [-0.39, 0.29) is 5.97 Å². The van der Waals surface area contributed by atoms with E-state index in [1.807, 2.05) is 48.5 Å². The van der Waals surface area contributed by atoms with Gasteiger partial charge >= 0.3 is 5.97 Å². The molecule has 0 aliphatic heterocycles. The van der Waals surface area contributed by atoms with Gasteiger partial charge in [-0.1, -0.05) is 48.5 Å². The lowest BCUT2D eigenvalue weighted by molar-refractivity contribution is -0.137. The van der Waals surface area contributed by atoms with Crippen molar-refractivity contribution in [3.8, 4) is 11.5 Å². The highest BCUT2D eigenvalue weighted by atomic mass is 16.5. The number of rotatable bonds is 8. The van der Waals surface area contributed by atoms with Crippen LogP contribution in [0.2, 0.25) is 0 Å². The van der Waals surface area contributed by atoms with Crippen molar-refractivity contribution in [2.24, 2.45) is 0 Å². The van der Waals surface area contributed by atoms with Gasteiger partial charge in [-0.3, -0.25) is 0 Å². The van der Waals surface area contributed by atoms with E-state index in [0.29, 0.717) is 31.1 Å². The van der Waals surface area contributed by atoms with E-state index in [0.717, 1.165) is 11.1 Å². The summed E-state index contributed by atoms with van der Waals surface area (Å²) in [5.41, 5.74) is 2.03. The molecule has 0 saturated heterocycles. The van der Waals surface area contributed by atoms with Gasteiger partial charge in [0.1, 0.15) is 6.61 Å². The van der Waals surface area contributed by atoms with Crippen LogP contribution in [0.15, 0.2) is 60.7 Å². The van der Waals surface area contributed by atoms with Gasteiger partial charge in [0.15, 0.2) is 11.5 Å². The average molecular weight is 326 g/mol. The van der Waals surface area contributed by atoms with Crippen LogP contribution in [0.4, 0.5) is 0 Å². The number of esters is 1. The molecule has 4 heteroatoms. The number of hydrogen-bond donors (Lipinski definition) is 0. The van der Waals surface area contributed by atoms with Crippen LogP contribution in [0.1, 0.15) is 18.1 Å². The smallest absolute Gasteiger partial charge is 0.330 e. The summed E-state index contributed by atoms with van der Waals surface area (Å²) in [6, 6.07) is 15.7. The molecule has 0 atom stereocenters. The summed E-state index contributed by atoms with van der Waals surface area (Å²) < 4.78 is 16.3. The highest BCUT2D eigenvalue weighted by Crippen LogP contribution is 2.32. The van der Waals surface area contributed by atoms with Gasteiger partial charge in [0, 0.05) is 11.6 Å². The molecule has 0 bridgehead atoms. The maximum Gasteiger partial charge on any atom is 0.330 e. The molecule has 0 unspecified atom stereocenters. The second kappa shape index (κ2) is 9.40. The Morgan fingerprint density at radius 3 is 2.58 bits per heavy atom. The third-order valence-electron chi connectivity index (χ3n) is 3.38. The van der Waals surface area contributed by atoms with Crippen molar-refractivity contribution < 1.29 is 19.0 Å². The van der Waals surface area contributed by atoms with Crippen LogP contribution < -0.4 is 9.47 Å². The Balaban J connectivity index is 2.11. The number of carbonyl (C=O) groups is 1. The largest absolute Gasteiger partial charge is 0.493 e. The van der Waals surface area contributed by atoms with Crippen molar-refractivity contribution in [1.29, 1.82) is 0 Å². The van der Waals surface area contributed by atoms with Crippen LogP contribution in [0.5, 0.6) is 11.5 Å². The van der Waals surface area contributed by atoms with Gasteiger partial charge in [0.05, 0.1) is 13.7 Å². The zero-order valence-electron chi connectivity index (χ0n) is 14.0. The maximum absolute atomic E-state index is 11.4. The minimum atomic E-state index is -0.341. The van der Waals surface area contributed by atoms with E-state index in [1.165, 1.54) is 6.08 Å². The summed E-state index contributed by atoms with van der Waals surface area (Å²) in [5, 5.41) is 0. The van der Waals surface area contributed by atoms with E-state index in [9.17, 15) is 4.79 Å². The summed E-state index contributed by atoms with van der Waals surface area (Å²) in [4.78, 5) is 11.4. The Morgan fingerprint density at radius 1 is 1.08 bits per heavy atom. The van der Waals surface area contributed by atoms with E-state index in [1.54, 1.807) is 20.1 Å². The van der Waals surface area contributed by atoms with Crippen LogP contribution in [0.3, 0.4) is 0 Å². The Hall–Kier alpha value is -2.75. The number of para-hydroxylation sites is 1. The van der Waals surface area contributed by atoms with Crippen molar-refractivity contribution in [2.75, 3.05) is 13.7 Å². The maximum atomic E-state index is 11.4. The molecule has 0 N–H and O–H groups in total. The number of ether oxygens (including phenoxy) is 3. The molecule has 0 amide bonds. The van der Waals surface area contributed by atoms with Crippen LogP contribution in [0.25, 0.3) is 0 Å². The first-order valence-electron chi connectivity index (χ1n) is 7.90. The Morgan fingerprint density at radius 2 is 1.88 bits per heavy atom. The van der Waals surface area contributed by atoms with Crippen molar-refractivity contribution >= 4 is 5.97 Å². The van der Waals surface area contributed by atoms with E-state index < -0.39 is 0 Å². The normalized spacial score (nSPS) is 10.6. The van der Waals surface area contributed by atoms with Crippen molar-refractivity contribution in [3.05, 3.63) is 71.8 Å². The molecule has 126 valence electrons. The van der Waals surface area contributed by atoms with Crippen molar-refractivity contribution in [3.63, 3.8) is 0 Å². The molecule has 0 aromatic heterocycles. The van der Waals surface area contributed by atoms with Gasteiger partial charge in [-0.25, -0.2) is 4.79 Å². The lowest BCUT2D eigenvalue weighted by Gasteiger charge is -2.14. The quantitative estimate of drug-likeness (QED) is 0.544. The molecule has 2 aromatic rings. The molecule has 2 rings (SSSR count). The minimum absolute atomic E-state index is 0.341. The van der Waals surface area contributed by atoms with Gasteiger partial charge in [-0.2, -0.15) is 0 Å². The Labute approximate surface area is 142 Å². The molecule has 0 fully saturated rings. The fourth-order valence-electron chi connectivity index (χ4n) is 2.25. The third kappa shape index (κ3) is 5.16. The molecule has 0 radical (unpaired) electrons. The standard InChI is InChI=1S/C20H22O4/c1-3-23-19(21)14-8-12-17-11-7-13-18(22-2)20(17)24-15-16-9-5-4-6-10-16/h4-11,13-14H,3,12,15H2,1-2H3. The van der Waals surface area contributed by atoms with Crippen molar-refractivity contribution in [2.45, 2.75) is 20.0 Å². The Kier molecular flexibility index (Phi) is 6.90. The molecule has 4 nitrogen and oxygen atoms in total. The van der Waals surface area contributed by atoms with E-state index >= 15 is 0 Å². The molecule has 0 spiro atoms. The zero-order valence-corrected chi connectivity index (χ0v) is 14.0. The van der Waals surface area contributed by atoms with Gasteiger partial charge in [0.25, 0.3) is 0 Å². The predicted molar refractivity (Wildman–Crippen MR) is 93.2 cm³/mol. The first-order chi connectivity index (χ1) is 11.7. The Bertz CT molecular complexity index is 677. The summed E-state index contributed by atoms with van der Waals surface area (Å²) in [6.45, 7) is 2.60. The topological polar surface area (TPSA) is 44.8 Å². The fraction of sp³-hybridized carbons (Fsp3) is 0.250. The zero-order chi connectivity index (χ0) is 17.2. The molecule has 24 heavy (non-hydrogen) atoms. The third-order valence-corrected chi connectivity index (χ3v) is 3.38. The molecule has 2 aromatic carbocycles. The summed E-state index contributed by atoms with van der Waals surface area (Å²) in [5.74, 6) is 1.03. The van der Waals surface area contributed by atoms with Gasteiger partial charge in [-0.05, 0) is 25.0 Å². The number of carbonyl (C=O) groups excluding carboxylic acids is 1. The lowest BCUT2D eigenvalue weighted by Crippen LogP contribution is -2.01. The summed E-state index contributed by atoms with van der Waals surface area (Å²) in [7, 11) is 1.61. The lowest BCUT2D eigenvalue weighted by atomic mass is 10.1. The molecular weight excluding hydrogens is 304 g/mol. The molecule has 0 saturated carbocycles. The number of hydrogen-bond acceptors (Lipinski definition) is 4. The SMILES string of the molecule is CCOC(=O)C=CCc1cccc(OC)c1OCc1ccccc1. The average Bonchev–Trinajstić information content (AvgIpc) is 2.61. The van der Waals surface area contributed by atoms with Gasteiger partial charge < -0.3 is 14.2 Å². The first kappa shape index (κ1) is 17.6. The van der Waals surface area contributed by atoms with Crippen molar-refractivity contribution in [1.82, 2.24) is 0 Å². The fourth-order valence-corrected chi connectivity index (χ4v) is 2.25.